The van der Waals surface area contributed by atoms with Gasteiger partial charge in [-0.15, -0.1) is 0 Å². The number of aliphatic hydroxyl groups excluding tert-OH is 1. The first kappa shape index (κ1) is 94.1. The third-order valence-electron chi connectivity index (χ3n) is 18.5. The van der Waals surface area contributed by atoms with Crippen LogP contribution in [-0.4, -0.2) is 96.7 Å². The minimum absolute atomic E-state index is 0.105. The second-order valence-corrected chi connectivity index (χ2v) is 32.1. The summed E-state index contributed by atoms with van der Waals surface area (Å²) in [5.74, 6) is 1.01. The summed E-state index contributed by atoms with van der Waals surface area (Å²) in [4.78, 5) is 72.9. The van der Waals surface area contributed by atoms with E-state index in [1.807, 2.05) is 0 Å². The fourth-order valence-electron chi connectivity index (χ4n) is 11.7. The first-order valence-electron chi connectivity index (χ1n) is 39.8. The van der Waals surface area contributed by atoms with E-state index in [0.717, 1.165) is 114 Å². The molecule has 0 heterocycles. The van der Waals surface area contributed by atoms with Crippen LogP contribution in [-0.2, 0) is 65.4 Å². The zero-order valence-electron chi connectivity index (χ0n) is 63.0. The number of carbonyl (C=O) groups is 4. The molecule has 570 valence electrons. The predicted octanol–water partition coefficient (Wildman–Crippen LogP) is 22.4. The largest absolute Gasteiger partial charge is 0.472 e. The Hall–Kier alpha value is -1.94. The van der Waals surface area contributed by atoms with Crippen LogP contribution in [0.1, 0.15) is 389 Å². The van der Waals surface area contributed by atoms with Crippen LogP contribution in [0.15, 0.2) is 0 Å². The number of aliphatic hydroxyl groups is 1. The molecule has 19 heteroatoms. The van der Waals surface area contributed by atoms with Crippen molar-refractivity contribution in [2.24, 2.45) is 23.7 Å². The van der Waals surface area contributed by atoms with Crippen LogP contribution in [0.4, 0.5) is 0 Å². The van der Waals surface area contributed by atoms with Crippen LogP contribution in [0, 0.1) is 23.7 Å². The molecule has 0 aromatic rings. The second kappa shape index (κ2) is 66.3. The van der Waals surface area contributed by atoms with Crippen LogP contribution in [0.2, 0.25) is 0 Å². The van der Waals surface area contributed by atoms with E-state index in [9.17, 15) is 43.2 Å². The molecular formula is C77H150O17P2. The average molecular weight is 1410 g/mol. The van der Waals surface area contributed by atoms with Gasteiger partial charge in [0.05, 0.1) is 26.4 Å². The van der Waals surface area contributed by atoms with Crippen molar-refractivity contribution >= 4 is 39.5 Å². The lowest BCUT2D eigenvalue weighted by molar-refractivity contribution is -0.161. The molecule has 0 aromatic carbocycles. The highest BCUT2D eigenvalue weighted by Gasteiger charge is 2.30. The molecule has 0 aromatic heterocycles. The van der Waals surface area contributed by atoms with E-state index >= 15 is 0 Å². The molecule has 0 rings (SSSR count). The van der Waals surface area contributed by atoms with Crippen LogP contribution >= 0.6 is 15.6 Å². The second-order valence-electron chi connectivity index (χ2n) is 29.2. The molecule has 0 spiro atoms. The van der Waals surface area contributed by atoms with Crippen LogP contribution < -0.4 is 0 Å². The molecule has 0 radical (unpaired) electrons. The zero-order chi connectivity index (χ0) is 71.0. The minimum atomic E-state index is -4.96. The number of hydrogen-bond acceptors (Lipinski definition) is 15. The summed E-state index contributed by atoms with van der Waals surface area (Å²) in [6, 6.07) is 0. The summed E-state index contributed by atoms with van der Waals surface area (Å²) in [5.41, 5.74) is 0. The summed E-state index contributed by atoms with van der Waals surface area (Å²) in [6.07, 6.45) is 51.2. The first-order chi connectivity index (χ1) is 46.2. The number of phosphoric ester groups is 2. The van der Waals surface area contributed by atoms with E-state index < -0.39 is 97.5 Å². The lowest BCUT2D eigenvalue weighted by atomic mass is 9.99. The lowest BCUT2D eigenvalue weighted by Crippen LogP contribution is -2.30. The van der Waals surface area contributed by atoms with Crippen LogP contribution in [0.3, 0.4) is 0 Å². The molecule has 7 atom stereocenters. The van der Waals surface area contributed by atoms with E-state index in [-0.39, 0.29) is 25.7 Å². The maximum Gasteiger partial charge on any atom is 0.472 e. The minimum Gasteiger partial charge on any atom is -0.462 e. The van der Waals surface area contributed by atoms with Gasteiger partial charge in [-0.05, 0) is 49.4 Å². The van der Waals surface area contributed by atoms with E-state index in [1.54, 1.807) is 0 Å². The van der Waals surface area contributed by atoms with Gasteiger partial charge in [0.25, 0.3) is 0 Å². The molecule has 17 nitrogen and oxygen atoms in total. The topological polar surface area (TPSA) is 237 Å². The number of carbonyl (C=O) groups excluding carboxylic acids is 4. The molecule has 0 aliphatic rings. The maximum absolute atomic E-state index is 13.1. The Balaban J connectivity index is 5.27. The third-order valence-corrected chi connectivity index (χ3v) is 20.4. The molecule has 0 aliphatic carbocycles. The molecule has 0 saturated carbocycles. The van der Waals surface area contributed by atoms with Crippen molar-refractivity contribution in [2.75, 3.05) is 39.6 Å². The number of esters is 4. The average Bonchev–Trinajstić information content (AvgIpc) is 1.82. The van der Waals surface area contributed by atoms with E-state index in [0.29, 0.717) is 25.7 Å². The van der Waals surface area contributed by atoms with Gasteiger partial charge in [-0.1, -0.05) is 338 Å². The van der Waals surface area contributed by atoms with Crippen molar-refractivity contribution in [3.8, 4) is 0 Å². The standard InChI is InChI=1S/C77H150O17P2/c1-9-69(7)55-47-39-31-23-15-13-11-12-14-16-25-35-43-51-59-76(81)93-72(63-87-74(79)57-49-41-33-24-19-17-21-29-37-45-53-67(3)4)65-91-95(83,84)89-61-71(78)62-90-96(85,86)92-66-73(64-88-75(80)58-50-42-34-28-27-32-40-48-56-70(8)10-2)94-77(82)60-52-44-36-26-20-18-22-30-38-46-54-68(5)6/h67-73,78H,9-66H2,1-8H3,(H,83,84)(H,85,86)/t69?,70?,71-,72-,73-/m1/s1. The Bertz CT molecular complexity index is 1890. The molecule has 3 N–H and O–H groups in total. The van der Waals surface area contributed by atoms with Gasteiger partial charge in [-0.3, -0.25) is 37.3 Å². The summed E-state index contributed by atoms with van der Waals surface area (Å²) in [7, 11) is -9.92. The van der Waals surface area contributed by atoms with Crippen molar-refractivity contribution in [2.45, 2.75) is 408 Å². The van der Waals surface area contributed by atoms with E-state index in [1.165, 1.54) is 193 Å². The smallest absolute Gasteiger partial charge is 0.462 e. The molecule has 0 saturated heterocycles. The van der Waals surface area contributed by atoms with E-state index in [2.05, 4.69) is 55.4 Å². The highest BCUT2D eigenvalue weighted by atomic mass is 31.2. The van der Waals surface area contributed by atoms with Gasteiger partial charge in [0, 0.05) is 25.7 Å². The van der Waals surface area contributed by atoms with Gasteiger partial charge in [0.15, 0.2) is 12.2 Å². The van der Waals surface area contributed by atoms with Crippen molar-refractivity contribution in [1.82, 2.24) is 0 Å². The van der Waals surface area contributed by atoms with Crippen molar-refractivity contribution < 1.29 is 80.2 Å². The SMILES string of the molecule is CCC(C)CCCCCCCCCCCCCCCCC(=O)O[C@H](COC(=O)CCCCCCCCCCCCC(C)C)COP(=O)(O)OC[C@@H](O)COP(=O)(O)OC[C@@H](COC(=O)CCCCCCCCCCC(C)CC)OC(=O)CCCCCCCCCCCCC(C)C. The number of phosphoric acid groups is 2. The lowest BCUT2D eigenvalue weighted by Gasteiger charge is -2.21. The van der Waals surface area contributed by atoms with Gasteiger partial charge in [0.2, 0.25) is 0 Å². The Labute approximate surface area is 588 Å². The van der Waals surface area contributed by atoms with E-state index in [4.69, 9.17) is 37.0 Å². The Morgan fingerprint density at radius 2 is 0.500 bits per heavy atom. The molecule has 0 amide bonds. The van der Waals surface area contributed by atoms with Crippen molar-refractivity contribution in [3.63, 3.8) is 0 Å². The first-order valence-corrected chi connectivity index (χ1v) is 42.8. The van der Waals surface area contributed by atoms with Gasteiger partial charge in [-0.25, -0.2) is 9.13 Å². The summed E-state index contributed by atoms with van der Waals surface area (Å²) in [6.45, 7) is 14.3. The Morgan fingerprint density at radius 3 is 0.740 bits per heavy atom. The fourth-order valence-corrected chi connectivity index (χ4v) is 13.2. The fraction of sp³-hybridized carbons (Fsp3) is 0.948. The maximum atomic E-state index is 13.1. The monoisotopic (exact) mass is 1410 g/mol. The van der Waals surface area contributed by atoms with Gasteiger partial charge in [0.1, 0.15) is 19.3 Å². The summed E-state index contributed by atoms with van der Waals surface area (Å²) < 4.78 is 68.6. The van der Waals surface area contributed by atoms with Gasteiger partial charge in [-0.2, -0.15) is 0 Å². The highest BCUT2D eigenvalue weighted by Crippen LogP contribution is 2.45. The predicted molar refractivity (Wildman–Crippen MR) is 391 cm³/mol. The third kappa shape index (κ3) is 67.9. The quantitative estimate of drug-likeness (QED) is 0.0222. The molecule has 96 heavy (non-hydrogen) atoms. The number of unbranched alkanes of at least 4 members (excludes halogenated alkanes) is 38. The summed E-state index contributed by atoms with van der Waals surface area (Å²) in [5, 5.41) is 10.6. The van der Waals surface area contributed by atoms with Crippen molar-refractivity contribution in [3.05, 3.63) is 0 Å². The number of hydrogen-bond donors (Lipinski definition) is 3. The Morgan fingerprint density at radius 1 is 0.292 bits per heavy atom. The van der Waals surface area contributed by atoms with Crippen LogP contribution in [0.25, 0.3) is 0 Å². The molecule has 0 aliphatic heterocycles. The molecule has 0 fully saturated rings. The van der Waals surface area contributed by atoms with Gasteiger partial charge >= 0.3 is 39.5 Å². The Kier molecular flexibility index (Phi) is 65.0. The zero-order valence-corrected chi connectivity index (χ0v) is 64.8. The number of rotatable bonds is 74. The number of ether oxygens (including phenoxy) is 4. The van der Waals surface area contributed by atoms with Gasteiger partial charge < -0.3 is 33.8 Å². The van der Waals surface area contributed by atoms with Crippen molar-refractivity contribution in [1.29, 1.82) is 0 Å². The highest BCUT2D eigenvalue weighted by molar-refractivity contribution is 7.47. The summed E-state index contributed by atoms with van der Waals surface area (Å²) >= 11 is 0. The normalized spacial score (nSPS) is 14.7. The molecular weight excluding hydrogens is 1260 g/mol. The molecule has 4 unspecified atom stereocenters. The molecule has 0 bridgehead atoms. The van der Waals surface area contributed by atoms with Crippen LogP contribution in [0.5, 0.6) is 0 Å².